The minimum absolute atomic E-state index is 0.491. The summed E-state index contributed by atoms with van der Waals surface area (Å²) >= 11 is 0. The lowest BCUT2D eigenvalue weighted by Crippen LogP contribution is -2.34. The zero-order valence-corrected chi connectivity index (χ0v) is 69.5. The molecule has 0 amide bonds. The first-order valence-corrected chi connectivity index (χ1v) is 37.6. The second-order valence-corrected chi connectivity index (χ2v) is 48.4. The Morgan fingerprint density at radius 2 is 0.345 bits per heavy atom. The molecule has 7 aliphatic carbocycles. The van der Waals surface area contributed by atoms with Crippen molar-refractivity contribution in [2.45, 2.75) is 445 Å². The fourth-order valence-corrected chi connectivity index (χ4v) is 16.7. The summed E-state index contributed by atoms with van der Waals surface area (Å²) in [6.45, 7) is 99.9. The third kappa shape index (κ3) is 29.7. The lowest BCUT2D eigenvalue weighted by molar-refractivity contribution is 0.0745. The van der Waals surface area contributed by atoms with Crippen LogP contribution in [0, 0.1) is 114 Å². The van der Waals surface area contributed by atoms with E-state index in [2.05, 4.69) is 291 Å². The Balaban J connectivity index is 0.000000508. The smallest absolute Gasteiger partial charge is 0.0200 e. The van der Waals surface area contributed by atoms with Gasteiger partial charge in [-0.2, -0.15) is 0 Å². The Hall–Kier alpha value is 0. The van der Waals surface area contributed by atoms with Crippen LogP contribution in [-0.2, 0) is 0 Å². The third-order valence-electron chi connectivity index (χ3n) is 24.4. The molecular formula is C87H174. The van der Waals surface area contributed by atoms with E-state index >= 15 is 0 Å². The van der Waals surface area contributed by atoms with E-state index in [1.165, 1.54) is 154 Å². The standard InChI is InChI=1S/4C13H26.2C12H24.C11H22/c1-11(2,3)9-13(7-8-13)10-12(4,5)6;3*1-11(2,3)7-8-13(9-10-13)12(4,5)6;2*1-10(2,3)9-12(7-8-12)11(4,5)6;1-9(2,3)11(7-8-11)10(4,5)6/h4*7-10H2,1-6H3;2*7-9H2,1-6H3;7-8H2,1-6H3. The Morgan fingerprint density at radius 1 is 0.172 bits per heavy atom. The highest BCUT2D eigenvalue weighted by molar-refractivity contribution is 5.09. The molecule has 522 valence electrons. The van der Waals surface area contributed by atoms with Gasteiger partial charge < -0.3 is 0 Å². The van der Waals surface area contributed by atoms with Gasteiger partial charge in [-0.25, -0.2) is 0 Å². The summed E-state index contributed by atoms with van der Waals surface area (Å²) in [6.07, 6.45) is 34.4. The zero-order chi connectivity index (χ0) is 69.5. The monoisotopic (exact) mass is 1220 g/mol. The van der Waals surface area contributed by atoms with Crippen molar-refractivity contribution in [3.8, 4) is 0 Å². The zero-order valence-electron chi connectivity index (χ0n) is 69.5. The molecule has 0 aliphatic heterocycles. The summed E-state index contributed by atoms with van der Waals surface area (Å²) in [5.41, 5.74) is 11.9. The molecule has 0 N–H and O–H groups in total. The minimum atomic E-state index is 0.491. The molecule has 0 nitrogen and oxygen atoms in total. The largest absolute Gasteiger partial charge is 0.0602 e. The predicted molar refractivity (Wildman–Crippen MR) is 400 cm³/mol. The summed E-state index contributed by atoms with van der Waals surface area (Å²) in [7, 11) is 0. The lowest BCUT2D eigenvalue weighted by Gasteiger charge is -2.41. The molecule has 0 heterocycles. The van der Waals surface area contributed by atoms with Gasteiger partial charge in [0, 0.05) is 0 Å². The summed E-state index contributed by atoms with van der Waals surface area (Å²) in [5, 5.41) is 0. The van der Waals surface area contributed by atoms with E-state index in [1.54, 1.807) is 0 Å². The molecule has 0 atom stereocenters. The number of hydrogen-bond donors (Lipinski definition) is 0. The van der Waals surface area contributed by atoms with Gasteiger partial charge in [-0.05, 0) is 268 Å². The van der Waals surface area contributed by atoms with Crippen LogP contribution in [0.4, 0.5) is 0 Å². The molecular weight excluding hydrogens is 1040 g/mol. The fourth-order valence-electron chi connectivity index (χ4n) is 16.7. The van der Waals surface area contributed by atoms with Gasteiger partial charge in [0.05, 0.1) is 0 Å². The van der Waals surface area contributed by atoms with Crippen LogP contribution in [0.25, 0.3) is 0 Å². The van der Waals surface area contributed by atoms with Crippen LogP contribution in [0.1, 0.15) is 445 Å². The van der Waals surface area contributed by atoms with E-state index in [4.69, 9.17) is 0 Å². The van der Waals surface area contributed by atoms with Crippen molar-refractivity contribution in [3.63, 3.8) is 0 Å². The van der Waals surface area contributed by atoms with Crippen LogP contribution in [0.3, 0.4) is 0 Å². The molecule has 7 saturated carbocycles. The first-order valence-electron chi connectivity index (χ1n) is 37.6. The molecule has 7 rings (SSSR count). The van der Waals surface area contributed by atoms with E-state index in [9.17, 15) is 0 Å². The minimum Gasteiger partial charge on any atom is -0.0602 e. The van der Waals surface area contributed by atoms with Crippen molar-refractivity contribution in [2.24, 2.45) is 114 Å². The SMILES string of the molecule is CC(C)(C)C1(C(C)(C)C)CC1.CC(C)(C)CC1(C(C)(C)C)CC1.CC(C)(C)CC1(C(C)(C)C)CC1.CC(C)(C)CC1(CC(C)(C)C)CC1.CC(C)(C)CCC1(C(C)(C)C)CC1.CC(C)(C)CCC1(C(C)(C)C)CC1.CC(C)(C)CCC1(C(C)(C)C)CC1. The van der Waals surface area contributed by atoms with Gasteiger partial charge in [-0.3, -0.25) is 0 Å². The van der Waals surface area contributed by atoms with Crippen LogP contribution in [0.15, 0.2) is 0 Å². The highest BCUT2D eigenvalue weighted by Crippen LogP contribution is 2.69. The summed E-state index contributed by atoms with van der Waals surface area (Å²) in [6, 6.07) is 0. The average Bonchev–Trinajstić information content (AvgIpc) is 3.98. The summed E-state index contributed by atoms with van der Waals surface area (Å²) in [5.74, 6) is 0. The summed E-state index contributed by atoms with van der Waals surface area (Å²) in [4.78, 5) is 0. The molecule has 0 spiro atoms. The molecule has 0 radical (unpaired) electrons. The Bertz CT molecular complexity index is 1810. The first-order chi connectivity index (χ1) is 37.6. The molecule has 0 bridgehead atoms. The molecule has 0 aromatic rings. The number of rotatable bonds is 10. The van der Waals surface area contributed by atoms with Crippen molar-refractivity contribution in [2.75, 3.05) is 0 Å². The Labute approximate surface area is 555 Å². The van der Waals surface area contributed by atoms with Crippen LogP contribution in [0.5, 0.6) is 0 Å². The molecule has 0 unspecified atom stereocenters. The molecule has 0 aromatic carbocycles. The molecule has 7 fully saturated rings. The second-order valence-electron chi connectivity index (χ2n) is 48.4. The van der Waals surface area contributed by atoms with Crippen molar-refractivity contribution in [1.29, 1.82) is 0 Å². The lowest BCUT2D eigenvalue weighted by atomic mass is 9.63. The van der Waals surface area contributed by atoms with Gasteiger partial charge in [0.1, 0.15) is 0 Å². The maximum atomic E-state index is 2.41. The van der Waals surface area contributed by atoms with Crippen LogP contribution in [-0.4, -0.2) is 0 Å². The quantitative estimate of drug-likeness (QED) is 0.205. The third-order valence-corrected chi connectivity index (χ3v) is 24.4. The van der Waals surface area contributed by atoms with Crippen molar-refractivity contribution in [1.82, 2.24) is 0 Å². The van der Waals surface area contributed by atoms with Gasteiger partial charge in [-0.1, -0.05) is 291 Å². The first kappa shape index (κ1) is 85.0. The van der Waals surface area contributed by atoms with E-state index in [0.717, 1.165) is 5.41 Å². The maximum absolute atomic E-state index is 2.41. The van der Waals surface area contributed by atoms with Gasteiger partial charge in [0.15, 0.2) is 0 Å². The molecule has 0 aromatic heterocycles. The van der Waals surface area contributed by atoms with Crippen LogP contribution < -0.4 is 0 Å². The van der Waals surface area contributed by atoms with Gasteiger partial charge >= 0.3 is 0 Å². The van der Waals surface area contributed by atoms with E-state index in [-0.39, 0.29) is 0 Å². The molecule has 0 saturated heterocycles. The average molecular weight is 1220 g/mol. The predicted octanol–water partition coefficient (Wildman–Crippen LogP) is 30.9. The topological polar surface area (TPSA) is 0 Å². The second kappa shape index (κ2) is 27.6. The normalized spacial score (nSPS) is 22.1. The van der Waals surface area contributed by atoms with Crippen molar-refractivity contribution >= 4 is 0 Å². The van der Waals surface area contributed by atoms with Gasteiger partial charge in [0.25, 0.3) is 0 Å². The summed E-state index contributed by atoms with van der Waals surface area (Å²) < 4.78 is 0. The highest BCUT2D eigenvalue weighted by Gasteiger charge is 2.59. The van der Waals surface area contributed by atoms with Gasteiger partial charge in [-0.15, -0.1) is 0 Å². The van der Waals surface area contributed by atoms with E-state index in [0.29, 0.717) is 108 Å². The molecule has 7 aliphatic rings. The van der Waals surface area contributed by atoms with Crippen molar-refractivity contribution < 1.29 is 0 Å². The maximum Gasteiger partial charge on any atom is -0.0200 e. The Kier molecular flexibility index (Phi) is 27.0. The van der Waals surface area contributed by atoms with E-state index in [1.807, 2.05) is 0 Å². The van der Waals surface area contributed by atoms with Crippen LogP contribution >= 0.6 is 0 Å². The Morgan fingerprint density at radius 3 is 0.414 bits per heavy atom. The van der Waals surface area contributed by atoms with Crippen molar-refractivity contribution in [3.05, 3.63) is 0 Å². The van der Waals surface area contributed by atoms with Crippen LogP contribution in [0.2, 0.25) is 0 Å². The highest BCUT2D eigenvalue weighted by atomic mass is 14.6. The molecule has 87 heavy (non-hydrogen) atoms. The van der Waals surface area contributed by atoms with Gasteiger partial charge in [0.2, 0.25) is 0 Å². The van der Waals surface area contributed by atoms with E-state index < -0.39 is 0 Å². The molecule has 0 heteroatoms. The fraction of sp³-hybridized carbons (Fsp3) is 1.00. The number of hydrogen-bond acceptors (Lipinski definition) is 0.